The minimum absolute atomic E-state index is 0.0684. The number of nitrogens with zero attached hydrogens (tertiary/aromatic N) is 4. The maximum absolute atomic E-state index is 13.2. The predicted octanol–water partition coefficient (Wildman–Crippen LogP) is 5.11. The number of carbonyl (C=O) groups excluding carboxylic acids is 1. The molecule has 2 atom stereocenters. The van der Waals surface area contributed by atoms with E-state index in [9.17, 15) is 4.79 Å². The molecule has 7 nitrogen and oxygen atoms in total. The molecule has 1 spiro atoms. The van der Waals surface area contributed by atoms with E-state index in [1.54, 1.807) is 11.3 Å². The fraction of sp³-hybridized carbons (Fsp3) is 0.581. The molecule has 0 N–H and O–H groups in total. The largest absolute Gasteiger partial charge is 0.381 e. The summed E-state index contributed by atoms with van der Waals surface area (Å²) in [4.78, 5) is 27.3. The van der Waals surface area contributed by atoms with E-state index in [1.807, 2.05) is 5.51 Å². The van der Waals surface area contributed by atoms with Crippen molar-refractivity contribution in [1.82, 2.24) is 14.9 Å². The molecule has 1 aromatic carbocycles. The molecule has 1 saturated carbocycles. The highest BCUT2D eigenvalue weighted by Crippen LogP contribution is 2.55. The summed E-state index contributed by atoms with van der Waals surface area (Å²) in [6.45, 7) is 10.8. The Bertz CT molecular complexity index is 1360. The molecule has 39 heavy (non-hydrogen) atoms. The Kier molecular flexibility index (Phi) is 6.40. The Morgan fingerprint density at radius 1 is 1.13 bits per heavy atom. The molecule has 1 unspecified atom stereocenters. The normalized spacial score (nSPS) is 25.8. The van der Waals surface area contributed by atoms with E-state index in [-0.39, 0.29) is 16.7 Å². The van der Waals surface area contributed by atoms with Crippen molar-refractivity contribution in [3.63, 3.8) is 0 Å². The van der Waals surface area contributed by atoms with E-state index in [0.717, 1.165) is 75.6 Å². The van der Waals surface area contributed by atoms with Gasteiger partial charge < -0.3 is 19.3 Å². The van der Waals surface area contributed by atoms with Gasteiger partial charge in [-0.3, -0.25) is 9.78 Å². The average molecular weight is 547 g/mol. The van der Waals surface area contributed by atoms with Gasteiger partial charge >= 0.3 is 0 Å². The third kappa shape index (κ3) is 4.74. The van der Waals surface area contributed by atoms with Crippen LogP contribution in [0.1, 0.15) is 50.4 Å². The molecular weight excluding hydrogens is 508 g/mol. The van der Waals surface area contributed by atoms with Crippen LogP contribution in [0.25, 0.3) is 10.2 Å². The second kappa shape index (κ2) is 9.82. The number of hydrogen-bond acceptors (Lipinski definition) is 7. The SMILES string of the molecule is CC1(C)C[C@@H]1C(=O)N1CC2(C1)CN(c1cccc3ncsc13)CC2COCc1cccc(C2CCOCC2)n1. The van der Waals surface area contributed by atoms with Gasteiger partial charge in [-0.1, -0.05) is 26.0 Å². The Morgan fingerprint density at radius 3 is 2.72 bits per heavy atom. The number of thiazole rings is 1. The monoisotopic (exact) mass is 546 g/mol. The first-order chi connectivity index (χ1) is 18.9. The molecule has 1 aliphatic carbocycles. The Morgan fingerprint density at radius 2 is 1.92 bits per heavy atom. The number of pyridine rings is 1. The second-order valence-electron chi connectivity index (χ2n) is 12.8. The fourth-order valence-corrected chi connectivity index (χ4v) is 7.84. The van der Waals surface area contributed by atoms with Gasteiger partial charge in [0.1, 0.15) is 0 Å². The van der Waals surface area contributed by atoms with E-state index in [4.69, 9.17) is 14.5 Å². The van der Waals surface area contributed by atoms with Gasteiger partial charge in [0.05, 0.1) is 40.3 Å². The molecule has 4 fully saturated rings. The van der Waals surface area contributed by atoms with Crippen molar-refractivity contribution in [2.24, 2.45) is 22.7 Å². The van der Waals surface area contributed by atoms with Crippen molar-refractivity contribution < 1.29 is 14.3 Å². The number of carbonyl (C=O) groups is 1. The van der Waals surface area contributed by atoms with E-state index >= 15 is 0 Å². The van der Waals surface area contributed by atoms with Crippen LogP contribution >= 0.6 is 11.3 Å². The third-order valence-electron chi connectivity index (χ3n) is 9.66. The number of likely N-dealkylation sites (tertiary alicyclic amines) is 1. The molecule has 2 aromatic heterocycles. The van der Waals surface area contributed by atoms with Crippen molar-refractivity contribution in [1.29, 1.82) is 0 Å². The lowest BCUT2D eigenvalue weighted by molar-refractivity contribution is -0.148. The number of benzene rings is 1. The molecule has 3 aromatic rings. The van der Waals surface area contributed by atoms with Crippen LogP contribution < -0.4 is 4.90 Å². The van der Waals surface area contributed by atoms with Crippen LogP contribution in [-0.2, 0) is 20.9 Å². The molecule has 8 heteroatoms. The number of amides is 1. The summed E-state index contributed by atoms with van der Waals surface area (Å²) in [6, 6.07) is 12.7. The van der Waals surface area contributed by atoms with Gasteiger partial charge in [-0.15, -0.1) is 11.3 Å². The van der Waals surface area contributed by atoms with Gasteiger partial charge in [-0.2, -0.15) is 0 Å². The number of fused-ring (bicyclic) bond motifs is 1. The van der Waals surface area contributed by atoms with Crippen LogP contribution in [0, 0.1) is 22.7 Å². The molecule has 0 bridgehead atoms. The minimum atomic E-state index is 0.0684. The molecule has 5 heterocycles. The summed E-state index contributed by atoms with van der Waals surface area (Å²) >= 11 is 1.71. The van der Waals surface area contributed by atoms with Crippen molar-refractivity contribution in [3.8, 4) is 0 Å². The molecule has 0 radical (unpaired) electrons. The summed E-state index contributed by atoms with van der Waals surface area (Å²) in [5.74, 6) is 1.38. The topological polar surface area (TPSA) is 67.8 Å². The smallest absolute Gasteiger partial charge is 0.226 e. The second-order valence-corrected chi connectivity index (χ2v) is 13.7. The van der Waals surface area contributed by atoms with Crippen LogP contribution in [0.3, 0.4) is 0 Å². The number of rotatable bonds is 7. The van der Waals surface area contributed by atoms with Crippen LogP contribution in [0.15, 0.2) is 41.9 Å². The highest BCUT2D eigenvalue weighted by molar-refractivity contribution is 7.17. The first kappa shape index (κ1) is 25.4. The van der Waals surface area contributed by atoms with Crippen LogP contribution in [-0.4, -0.2) is 66.8 Å². The number of ether oxygens (including phenoxy) is 2. The van der Waals surface area contributed by atoms with Crippen LogP contribution in [0.4, 0.5) is 5.69 Å². The van der Waals surface area contributed by atoms with E-state index in [1.165, 1.54) is 10.4 Å². The van der Waals surface area contributed by atoms with E-state index < -0.39 is 0 Å². The highest BCUT2D eigenvalue weighted by Gasteiger charge is 2.59. The molecule has 1 amide bonds. The van der Waals surface area contributed by atoms with Gasteiger partial charge in [0.15, 0.2) is 0 Å². The Hall–Kier alpha value is -2.55. The fourth-order valence-electron chi connectivity index (χ4n) is 7.01. The standard InChI is InChI=1S/C31H38N4O3S/c1-30(2)13-24(30)29(36)35-18-31(19-35)17-34(27-8-4-7-26-28(27)39-20-32-26)14-22(31)15-38-16-23-5-3-6-25(33-23)21-9-11-37-12-10-21/h3-8,20-22,24H,9-19H2,1-2H3/t22?,24-/m1/s1. The van der Waals surface area contributed by atoms with Crippen molar-refractivity contribution in [2.45, 2.75) is 45.6 Å². The summed E-state index contributed by atoms with van der Waals surface area (Å²) in [6.07, 6.45) is 3.09. The number of hydrogen-bond donors (Lipinski definition) is 0. The molecule has 3 aliphatic heterocycles. The summed E-state index contributed by atoms with van der Waals surface area (Å²) in [5.41, 5.74) is 6.65. The quantitative estimate of drug-likeness (QED) is 0.410. The summed E-state index contributed by atoms with van der Waals surface area (Å²) < 4.78 is 13.2. The summed E-state index contributed by atoms with van der Waals surface area (Å²) in [5, 5.41) is 0. The molecule has 7 rings (SSSR count). The maximum Gasteiger partial charge on any atom is 0.226 e. The Balaban J connectivity index is 1.05. The summed E-state index contributed by atoms with van der Waals surface area (Å²) in [7, 11) is 0. The van der Waals surface area contributed by atoms with Crippen molar-refractivity contribution in [2.75, 3.05) is 50.9 Å². The lowest BCUT2D eigenvalue weighted by Gasteiger charge is -2.51. The first-order valence-electron chi connectivity index (χ1n) is 14.4. The zero-order valence-electron chi connectivity index (χ0n) is 23.0. The molecular formula is C31H38N4O3S. The molecule has 3 saturated heterocycles. The predicted molar refractivity (Wildman–Crippen MR) is 153 cm³/mol. The van der Waals surface area contributed by atoms with Crippen LogP contribution in [0.2, 0.25) is 0 Å². The zero-order chi connectivity index (χ0) is 26.6. The van der Waals surface area contributed by atoms with Crippen molar-refractivity contribution in [3.05, 3.63) is 53.3 Å². The van der Waals surface area contributed by atoms with Crippen LogP contribution in [0.5, 0.6) is 0 Å². The van der Waals surface area contributed by atoms with Gasteiger partial charge in [0.25, 0.3) is 0 Å². The van der Waals surface area contributed by atoms with Gasteiger partial charge in [-0.25, -0.2) is 4.98 Å². The zero-order valence-corrected chi connectivity index (χ0v) is 23.8. The van der Waals surface area contributed by atoms with E-state index in [2.05, 4.69) is 65.0 Å². The third-order valence-corrected chi connectivity index (χ3v) is 10.5. The van der Waals surface area contributed by atoms with Gasteiger partial charge in [0, 0.05) is 68.3 Å². The minimum Gasteiger partial charge on any atom is -0.381 e. The molecule has 4 aliphatic rings. The average Bonchev–Trinajstić information content (AvgIpc) is 3.25. The Labute approximate surface area is 234 Å². The van der Waals surface area contributed by atoms with Gasteiger partial charge in [-0.05, 0) is 48.9 Å². The van der Waals surface area contributed by atoms with Crippen molar-refractivity contribution >= 4 is 33.1 Å². The van der Waals surface area contributed by atoms with Gasteiger partial charge in [0.2, 0.25) is 5.91 Å². The molecule has 206 valence electrons. The number of anilines is 1. The highest BCUT2D eigenvalue weighted by atomic mass is 32.1. The number of aromatic nitrogens is 2. The lowest BCUT2D eigenvalue weighted by Crippen LogP contribution is -2.63. The lowest BCUT2D eigenvalue weighted by atomic mass is 9.71. The van der Waals surface area contributed by atoms with E-state index in [0.29, 0.717) is 31.0 Å². The first-order valence-corrected chi connectivity index (χ1v) is 15.3. The maximum atomic E-state index is 13.2.